The minimum absolute atomic E-state index is 0.0446. The number of amides is 5. The minimum Gasteiger partial charge on any atom is -0.545 e. The Morgan fingerprint density at radius 3 is 2.32 bits per heavy atom. The summed E-state index contributed by atoms with van der Waals surface area (Å²) in [5, 5.41) is 29.2. The summed E-state index contributed by atoms with van der Waals surface area (Å²) in [7, 11) is 5.94. The number of nitrogens with zero attached hydrogens (tertiary/aromatic N) is 3. The number of aromatic nitrogens is 2. The molecule has 87 heavy (non-hydrogen) atoms. The lowest BCUT2D eigenvalue weighted by Crippen LogP contribution is -2.36. The average molecular weight is 1240 g/mol. The molecule has 1 aromatic heterocycles. The summed E-state index contributed by atoms with van der Waals surface area (Å²) in [6, 6.07) is 16.4. The number of methoxy groups -OCH3 is 1. The molecule has 8 rings (SSSR count). The second-order valence-electron chi connectivity index (χ2n) is 22.8. The molecule has 5 aliphatic rings. The van der Waals surface area contributed by atoms with E-state index in [4.69, 9.17) is 23.3 Å². The van der Waals surface area contributed by atoms with E-state index in [-0.39, 0.29) is 59.0 Å². The highest BCUT2D eigenvalue weighted by Crippen LogP contribution is 2.43. The van der Waals surface area contributed by atoms with Gasteiger partial charge in [0.05, 0.1) is 49.0 Å². The summed E-state index contributed by atoms with van der Waals surface area (Å²) in [5.41, 5.74) is 2.36. The van der Waals surface area contributed by atoms with Gasteiger partial charge in [-0.2, -0.15) is 11.8 Å². The number of hydrogen-bond acceptors (Lipinski definition) is 15. The monoisotopic (exact) mass is 1240 g/mol. The van der Waals surface area contributed by atoms with Crippen molar-refractivity contribution in [3.05, 3.63) is 110 Å². The van der Waals surface area contributed by atoms with Crippen molar-refractivity contribution in [3.8, 4) is 22.5 Å². The molecule has 25 heteroatoms. The molecule has 0 saturated carbocycles. The second-order valence-corrected chi connectivity index (χ2v) is 25.9. The van der Waals surface area contributed by atoms with Crippen LogP contribution in [0.3, 0.4) is 0 Å². The first-order chi connectivity index (χ1) is 41.6. The Bertz CT molecular complexity index is 3460. The van der Waals surface area contributed by atoms with Crippen molar-refractivity contribution in [1.29, 1.82) is 0 Å². The third-order valence-electron chi connectivity index (χ3n) is 15.6. The molecule has 7 unspecified atom stereocenters. The Morgan fingerprint density at radius 1 is 0.897 bits per heavy atom. The molecule has 5 heterocycles. The molecule has 23 nitrogen and oxygen atoms in total. The lowest BCUT2D eigenvalue weighted by molar-refractivity contribution is -0.255. The fourth-order valence-electron chi connectivity index (χ4n) is 10.8. The van der Waals surface area contributed by atoms with Crippen LogP contribution in [0.4, 0.5) is 10.5 Å². The van der Waals surface area contributed by atoms with Gasteiger partial charge in [-0.05, 0) is 92.8 Å². The van der Waals surface area contributed by atoms with Gasteiger partial charge < -0.3 is 64.7 Å². The molecular weight excluding hydrogens is 1160 g/mol. The van der Waals surface area contributed by atoms with Crippen molar-refractivity contribution in [2.24, 2.45) is 5.92 Å². The molecule has 472 valence electrons. The zero-order valence-electron chi connectivity index (χ0n) is 50.8. The van der Waals surface area contributed by atoms with Crippen LogP contribution in [0.15, 0.2) is 80.9 Å². The van der Waals surface area contributed by atoms with E-state index in [1.807, 2.05) is 92.7 Å². The molecule has 7 N–H and O–H groups in total. The van der Waals surface area contributed by atoms with Gasteiger partial charge in [-0.3, -0.25) is 33.3 Å². The van der Waals surface area contributed by atoms with Gasteiger partial charge in [0.25, 0.3) is 11.5 Å². The number of anilines is 1. The third kappa shape index (κ3) is 19.5. The number of carboxylic acid groups (broad SMARTS) is 1. The summed E-state index contributed by atoms with van der Waals surface area (Å²) >= 11 is 1.91. The summed E-state index contributed by atoms with van der Waals surface area (Å²) in [5.74, 6) is -0.290. The van der Waals surface area contributed by atoms with E-state index in [1.54, 1.807) is 13.2 Å². The van der Waals surface area contributed by atoms with E-state index >= 15 is 0 Å². The number of carboxylic acids is 1. The van der Waals surface area contributed by atoms with Gasteiger partial charge in [0.1, 0.15) is 31.7 Å². The predicted molar refractivity (Wildman–Crippen MR) is 335 cm³/mol. The van der Waals surface area contributed by atoms with Crippen LogP contribution >= 0.6 is 19.4 Å². The SMILES string of the molecule is COCC1OC(n2cc(/C=C/C(=O)NCCCCCCNC(=O)c3ccc(C(=O)[O-])c(-c4c5ccc(=[N+](C)C)cc-5oc5cc(N(C)C)ccc45)c3)c(=O)[nH]c2=O)CC1C.CP(=O)(O)OCCCCCCNC(=O)CCCCC1SCC2NC(=O)NC21. The van der Waals surface area contributed by atoms with Crippen LogP contribution in [0, 0.1) is 5.92 Å². The first kappa shape index (κ1) is 67.4. The molecule has 3 saturated heterocycles. The largest absolute Gasteiger partial charge is 0.545 e. The number of benzene rings is 3. The number of hydrogen-bond donors (Lipinski definition) is 7. The zero-order valence-corrected chi connectivity index (χ0v) is 52.5. The first-order valence-electron chi connectivity index (χ1n) is 29.8. The molecular formula is C62H84N9O14PS. The number of carbonyl (C=O) groups excluding carboxylic acids is 5. The number of H-pyrrole nitrogens is 1. The number of aromatic amines is 1. The van der Waals surface area contributed by atoms with Crippen molar-refractivity contribution in [1.82, 2.24) is 40.7 Å². The van der Waals surface area contributed by atoms with Crippen molar-refractivity contribution in [2.75, 3.05) is 85.5 Å². The van der Waals surface area contributed by atoms with Gasteiger partial charge in [0, 0.05) is 123 Å². The number of aromatic carboxylic acids is 1. The second kappa shape index (κ2) is 32.2. The molecule has 5 amide bonds. The maximum absolute atomic E-state index is 13.4. The molecule has 3 aromatic rings. The van der Waals surface area contributed by atoms with Gasteiger partial charge in [-0.1, -0.05) is 45.1 Å². The van der Waals surface area contributed by atoms with E-state index in [0.717, 1.165) is 74.6 Å². The molecule has 2 aromatic carbocycles. The summed E-state index contributed by atoms with van der Waals surface area (Å²) in [6.45, 7) is 5.38. The smallest absolute Gasteiger partial charge is 0.330 e. The van der Waals surface area contributed by atoms with Crippen molar-refractivity contribution in [2.45, 2.75) is 120 Å². The molecule has 1 aliphatic carbocycles. The highest BCUT2D eigenvalue weighted by molar-refractivity contribution is 8.00. The van der Waals surface area contributed by atoms with E-state index in [9.17, 15) is 43.2 Å². The van der Waals surface area contributed by atoms with E-state index in [0.29, 0.717) is 103 Å². The lowest BCUT2D eigenvalue weighted by Gasteiger charge is -2.20. The van der Waals surface area contributed by atoms with Crippen LogP contribution in [0.25, 0.3) is 39.5 Å². The quantitative estimate of drug-likeness (QED) is 0.00784. The highest BCUT2D eigenvalue weighted by Gasteiger charge is 2.42. The number of urea groups is 1. The number of thioether (sulfide) groups is 1. The number of nitrogens with one attached hydrogen (secondary N) is 6. The van der Waals surface area contributed by atoms with Crippen LogP contribution < -0.4 is 57.8 Å². The Labute approximate surface area is 511 Å². The van der Waals surface area contributed by atoms with Crippen LogP contribution in [0.1, 0.15) is 123 Å². The molecule has 4 aliphatic heterocycles. The molecule has 3 fully saturated rings. The Kier molecular flexibility index (Phi) is 25.0. The van der Waals surface area contributed by atoms with Crippen LogP contribution in [0.2, 0.25) is 0 Å². The van der Waals surface area contributed by atoms with Crippen molar-refractivity contribution < 1.29 is 57.0 Å². The van der Waals surface area contributed by atoms with E-state index in [2.05, 4.69) is 31.6 Å². The number of rotatable bonds is 29. The fourth-order valence-corrected chi connectivity index (χ4v) is 12.8. The number of carbonyl (C=O) groups is 5. The van der Waals surface area contributed by atoms with Crippen molar-refractivity contribution in [3.63, 3.8) is 0 Å². The standard InChI is InChI=1S/C45H52N6O9.C17H32N3O5PS/c1-27-21-40(60-38(27)26-58-6)51-25-29(43(54)48-45(51)57)12-18-39(52)46-19-9-7-8-10-20-47-42(53)28-11-15-32(44(55)56)35(22-28)41-33-16-13-30(49(2)3)23-36(33)59-37-24-31(50(4)5)14-17-34(37)41;1-26(23,24)25-11-7-3-2-6-10-18-15(21)9-5-4-8-14-16-13(12-27-14)19-17(22)20-16/h11-18,22-25,27,38,40H,7-10,19-21,26H2,1-6H3,(H3-,46,47,48,52,53,54,55,56,57);13-14,16H,2-12H2,1H3,(H,18,21)(H,23,24)(H2,19,20,22)/b18-12+;. The Morgan fingerprint density at radius 2 is 1.62 bits per heavy atom. The third-order valence-corrected chi connectivity index (χ3v) is 17.7. The number of fused-ring (bicyclic) bond motifs is 3. The van der Waals surface area contributed by atoms with Gasteiger partial charge in [-0.15, -0.1) is 0 Å². The summed E-state index contributed by atoms with van der Waals surface area (Å²) < 4.78 is 36.6. The van der Waals surface area contributed by atoms with Crippen LogP contribution in [0.5, 0.6) is 0 Å². The topological polar surface area (TPSA) is 308 Å². The minimum atomic E-state index is -3.35. The molecule has 0 bridgehead atoms. The normalized spacial score (nSPS) is 19.4. The molecule has 0 radical (unpaired) electrons. The number of ether oxygens (including phenoxy) is 2. The van der Waals surface area contributed by atoms with Crippen LogP contribution in [-0.4, -0.2) is 148 Å². The van der Waals surface area contributed by atoms with Gasteiger partial charge in [-0.25, -0.2) is 14.2 Å². The summed E-state index contributed by atoms with van der Waals surface area (Å²) in [4.78, 5) is 99.8. The number of unbranched alkanes of at least 4 members (excludes halogenated alkanes) is 7. The Balaban J connectivity index is 0.000000334. The van der Waals surface area contributed by atoms with Crippen molar-refractivity contribution >= 4 is 71.8 Å². The lowest BCUT2D eigenvalue weighted by atomic mass is 9.89. The maximum Gasteiger partial charge on any atom is 0.330 e. The molecule has 7 atom stereocenters. The Hall–Kier alpha value is -7.08. The van der Waals surface area contributed by atoms with Crippen LogP contribution in [-0.2, 0) is 28.2 Å². The average Bonchev–Trinajstić information content (AvgIpc) is 1.60. The van der Waals surface area contributed by atoms with Gasteiger partial charge >= 0.3 is 19.3 Å². The van der Waals surface area contributed by atoms with Gasteiger partial charge in [0.2, 0.25) is 17.2 Å². The van der Waals surface area contributed by atoms with Gasteiger partial charge in [0.15, 0.2) is 0 Å². The maximum atomic E-state index is 13.4. The van der Waals surface area contributed by atoms with E-state index in [1.165, 1.54) is 41.7 Å². The highest BCUT2D eigenvalue weighted by atomic mass is 32.2. The zero-order chi connectivity index (χ0) is 62.8. The molecule has 0 spiro atoms. The first-order valence-corrected chi connectivity index (χ1v) is 32.9. The fraction of sp³-hybridized carbons (Fsp3) is 0.516. The summed E-state index contributed by atoms with van der Waals surface area (Å²) in [6.07, 6.45) is 13.8. The van der Waals surface area contributed by atoms with E-state index < -0.39 is 31.0 Å². The predicted octanol–water partition coefficient (Wildman–Crippen LogP) is 5.43.